The quantitative estimate of drug-likeness (QED) is 0.824. The van der Waals surface area contributed by atoms with Gasteiger partial charge in [0.25, 0.3) is 0 Å². The van der Waals surface area contributed by atoms with Gasteiger partial charge in [0, 0.05) is 31.7 Å². The molecule has 6 nitrogen and oxygen atoms in total. The summed E-state index contributed by atoms with van der Waals surface area (Å²) in [4.78, 5) is 27.3. The lowest BCUT2D eigenvalue weighted by molar-refractivity contribution is -0.142. The Bertz CT molecular complexity index is 588. The molecule has 0 radical (unpaired) electrons. The molecule has 132 valence electrons. The molecule has 0 saturated carbocycles. The molecule has 0 aromatic heterocycles. The minimum atomic E-state index is -1.00. The summed E-state index contributed by atoms with van der Waals surface area (Å²) >= 11 is 0. The van der Waals surface area contributed by atoms with Crippen molar-refractivity contribution in [2.45, 2.75) is 33.4 Å². The summed E-state index contributed by atoms with van der Waals surface area (Å²) in [5, 5.41) is 8.78. The number of piperazine rings is 1. The van der Waals surface area contributed by atoms with Gasteiger partial charge in [-0.15, -0.1) is 0 Å². The second-order valence-electron chi connectivity index (χ2n) is 6.61. The Balaban J connectivity index is 2.04. The number of benzene rings is 1. The third-order valence-electron chi connectivity index (χ3n) is 4.16. The van der Waals surface area contributed by atoms with Gasteiger partial charge in [0.15, 0.2) is 6.61 Å². The molecule has 1 atom stereocenters. The van der Waals surface area contributed by atoms with Gasteiger partial charge in [-0.25, -0.2) is 4.79 Å². The molecule has 2 rings (SSSR count). The molecule has 1 aromatic carbocycles. The summed E-state index contributed by atoms with van der Waals surface area (Å²) in [6, 6.07) is 7.19. The van der Waals surface area contributed by atoms with Gasteiger partial charge in [0.1, 0.15) is 5.75 Å². The van der Waals surface area contributed by atoms with Crippen LogP contribution in [0.3, 0.4) is 0 Å². The van der Waals surface area contributed by atoms with Crippen molar-refractivity contribution in [3.8, 4) is 5.75 Å². The lowest BCUT2D eigenvalue weighted by atomic mass is 10.1. The largest absolute Gasteiger partial charge is 0.482 e. The van der Waals surface area contributed by atoms with Crippen molar-refractivity contribution in [1.82, 2.24) is 9.80 Å². The number of carboxylic acid groups (broad SMARTS) is 1. The van der Waals surface area contributed by atoms with E-state index in [2.05, 4.69) is 18.7 Å². The number of nitrogens with zero attached hydrogens (tertiary/aromatic N) is 2. The van der Waals surface area contributed by atoms with Crippen LogP contribution in [0.15, 0.2) is 24.3 Å². The first-order valence-electron chi connectivity index (χ1n) is 8.33. The number of aliphatic carboxylic acids is 1. The number of carbonyl (C=O) groups is 2. The van der Waals surface area contributed by atoms with Gasteiger partial charge in [0.05, 0.1) is 6.04 Å². The fourth-order valence-electron chi connectivity index (χ4n) is 2.94. The van der Waals surface area contributed by atoms with E-state index in [0.717, 1.165) is 25.2 Å². The third kappa shape index (κ3) is 4.71. The maximum atomic E-state index is 12.5. The Kier molecular flexibility index (Phi) is 6.20. The number of ether oxygens (including phenoxy) is 1. The van der Waals surface area contributed by atoms with E-state index >= 15 is 0 Å². The van der Waals surface area contributed by atoms with Gasteiger partial charge >= 0.3 is 5.97 Å². The molecule has 1 N–H and O–H groups in total. The third-order valence-corrected chi connectivity index (χ3v) is 4.16. The van der Waals surface area contributed by atoms with Crippen LogP contribution in [0.5, 0.6) is 5.75 Å². The van der Waals surface area contributed by atoms with Gasteiger partial charge < -0.3 is 14.7 Å². The first kappa shape index (κ1) is 18.3. The molecule has 1 fully saturated rings. The Hall–Kier alpha value is -2.08. The number of carboxylic acids is 1. The zero-order valence-electron chi connectivity index (χ0n) is 14.6. The Labute approximate surface area is 143 Å². The molecule has 1 unspecified atom stereocenters. The molecule has 0 spiro atoms. The summed E-state index contributed by atoms with van der Waals surface area (Å²) in [7, 11) is 0. The number of amides is 1. The highest BCUT2D eigenvalue weighted by Gasteiger charge is 2.31. The zero-order valence-corrected chi connectivity index (χ0v) is 14.6. The summed E-state index contributed by atoms with van der Waals surface area (Å²) in [5.41, 5.74) is 0.899. The highest BCUT2D eigenvalue weighted by Crippen LogP contribution is 2.23. The topological polar surface area (TPSA) is 70.1 Å². The predicted molar refractivity (Wildman–Crippen MR) is 90.9 cm³/mol. The molecule has 1 heterocycles. The SMILES string of the molecule is CC(C)CN1CCN(Cc2ccccc2OCC(=O)O)C(C)C1=O. The summed E-state index contributed by atoms with van der Waals surface area (Å²) in [6.07, 6.45) is 0. The van der Waals surface area contributed by atoms with Crippen LogP contribution in [0, 0.1) is 5.92 Å². The number of para-hydroxylation sites is 1. The van der Waals surface area contributed by atoms with Crippen LogP contribution in [0.25, 0.3) is 0 Å². The van der Waals surface area contributed by atoms with Crippen LogP contribution in [-0.4, -0.2) is 59.1 Å². The summed E-state index contributed by atoms with van der Waals surface area (Å²) in [5.74, 6) is 0.163. The first-order valence-corrected chi connectivity index (χ1v) is 8.33. The number of rotatable bonds is 7. The van der Waals surface area contributed by atoms with E-state index < -0.39 is 5.97 Å². The maximum absolute atomic E-state index is 12.5. The molecule has 1 aliphatic rings. The van der Waals surface area contributed by atoms with Gasteiger partial charge in [-0.05, 0) is 18.9 Å². The van der Waals surface area contributed by atoms with Crippen molar-refractivity contribution in [3.63, 3.8) is 0 Å². The van der Waals surface area contributed by atoms with E-state index in [4.69, 9.17) is 9.84 Å². The minimum Gasteiger partial charge on any atom is -0.482 e. The molecule has 1 aromatic rings. The lowest BCUT2D eigenvalue weighted by Crippen LogP contribution is -2.56. The van der Waals surface area contributed by atoms with Crippen LogP contribution in [0.1, 0.15) is 26.3 Å². The van der Waals surface area contributed by atoms with Crippen molar-refractivity contribution in [3.05, 3.63) is 29.8 Å². The van der Waals surface area contributed by atoms with Crippen molar-refractivity contribution in [2.24, 2.45) is 5.92 Å². The molecule has 24 heavy (non-hydrogen) atoms. The molecular formula is C18H26N2O4. The van der Waals surface area contributed by atoms with Gasteiger partial charge in [-0.2, -0.15) is 0 Å². The van der Waals surface area contributed by atoms with Crippen molar-refractivity contribution >= 4 is 11.9 Å². The van der Waals surface area contributed by atoms with Crippen molar-refractivity contribution in [2.75, 3.05) is 26.2 Å². The molecule has 1 aliphatic heterocycles. The predicted octanol–water partition coefficient (Wildman–Crippen LogP) is 1.84. The molecule has 1 saturated heterocycles. The Morgan fingerprint density at radius 3 is 2.71 bits per heavy atom. The zero-order chi connectivity index (χ0) is 17.7. The molecule has 0 bridgehead atoms. The fourth-order valence-corrected chi connectivity index (χ4v) is 2.94. The second kappa shape index (κ2) is 8.15. The van der Waals surface area contributed by atoms with Crippen LogP contribution >= 0.6 is 0 Å². The number of carbonyl (C=O) groups excluding carboxylic acids is 1. The van der Waals surface area contributed by atoms with Crippen LogP contribution < -0.4 is 4.74 Å². The van der Waals surface area contributed by atoms with Gasteiger partial charge in [-0.3, -0.25) is 9.69 Å². The van der Waals surface area contributed by atoms with Gasteiger partial charge in [-0.1, -0.05) is 32.0 Å². The van der Waals surface area contributed by atoms with Crippen LogP contribution in [0.4, 0.5) is 0 Å². The smallest absolute Gasteiger partial charge is 0.341 e. The highest BCUT2D eigenvalue weighted by atomic mass is 16.5. The lowest BCUT2D eigenvalue weighted by Gasteiger charge is -2.40. The number of hydrogen-bond donors (Lipinski definition) is 1. The summed E-state index contributed by atoms with van der Waals surface area (Å²) < 4.78 is 5.35. The fraction of sp³-hybridized carbons (Fsp3) is 0.556. The molecular weight excluding hydrogens is 308 g/mol. The normalized spacial score (nSPS) is 18.9. The molecule has 0 aliphatic carbocycles. The first-order chi connectivity index (χ1) is 11.4. The average Bonchev–Trinajstić information content (AvgIpc) is 2.53. The summed E-state index contributed by atoms with van der Waals surface area (Å²) in [6.45, 7) is 8.66. The highest BCUT2D eigenvalue weighted by molar-refractivity contribution is 5.82. The Morgan fingerprint density at radius 1 is 1.33 bits per heavy atom. The van der Waals surface area contributed by atoms with E-state index in [1.807, 2.05) is 30.0 Å². The van der Waals surface area contributed by atoms with E-state index in [9.17, 15) is 9.59 Å². The van der Waals surface area contributed by atoms with Crippen LogP contribution in [-0.2, 0) is 16.1 Å². The van der Waals surface area contributed by atoms with E-state index in [1.165, 1.54) is 0 Å². The second-order valence-corrected chi connectivity index (χ2v) is 6.61. The number of hydrogen-bond acceptors (Lipinski definition) is 4. The average molecular weight is 334 g/mol. The Morgan fingerprint density at radius 2 is 2.04 bits per heavy atom. The molecule has 1 amide bonds. The minimum absolute atomic E-state index is 0.152. The van der Waals surface area contributed by atoms with E-state index in [1.54, 1.807) is 6.07 Å². The van der Waals surface area contributed by atoms with Gasteiger partial charge in [0.2, 0.25) is 5.91 Å². The van der Waals surface area contributed by atoms with E-state index in [-0.39, 0.29) is 18.6 Å². The standard InChI is InChI=1S/C18H26N2O4/c1-13(2)10-20-9-8-19(14(3)18(20)23)11-15-6-4-5-7-16(15)24-12-17(21)22/h4-7,13-14H,8-12H2,1-3H3,(H,21,22). The van der Waals surface area contributed by atoms with E-state index in [0.29, 0.717) is 18.2 Å². The monoisotopic (exact) mass is 334 g/mol. The maximum Gasteiger partial charge on any atom is 0.341 e. The van der Waals surface area contributed by atoms with Crippen LogP contribution in [0.2, 0.25) is 0 Å². The molecule has 6 heteroatoms. The van der Waals surface area contributed by atoms with Crippen molar-refractivity contribution in [1.29, 1.82) is 0 Å². The van der Waals surface area contributed by atoms with Crippen molar-refractivity contribution < 1.29 is 19.4 Å².